The Balaban J connectivity index is 1.56. The lowest BCUT2D eigenvalue weighted by atomic mass is 9.93. The fourth-order valence-corrected chi connectivity index (χ4v) is 4.46. The first kappa shape index (κ1) is 24.7. The molecule has 3 rings (SSSR count). The highest BCUT2D eigenvalue weighted by atomic mass is 32.2. The molecule has 3 aromatic carbocycles. The largest absolute Gasteiger partial charge is 0.496 e. The summed E-state index contributed by atoms with van der Waals surface area (Å²) in [5.41, 5.74) is 3.96. The zero-order chi connectivity index (χ0) is 23.8. The fourth-order valence-electron chi connectivity index (χ4n) is 3.71. The Hall–Kier alpha value is -2.92. The minimum Gasteiger partial charge on any atom is -0.496 e. The normalized spacial score (nSPS) is 11.8. The minimum atomic E-state index is -0.119. The van der Waals surface area contributed by atoms with Gasteiger partial charge in [-0.1, -0.05) is 32.0 Å². The van der Waals surface area contributed by atoms with Crippen LogP contribution in [0.15, 0.2) is 71.6 Å². The van der Waals surface area contributed by atoms with E-state index in [-0.39, 0.29) is 11.9 Å². The van der Waals surface area contributed by atoms with Crippen LogP contribution in [0.3, 0.4) is 0 Å². The quantitative estimate of drug-likeness (QED) is 0.266. The molecule has 0 heterocycles. The molecule has 1 amide bonds. The number of nitrogens with one attached hydrogen (secondary N) is 1. The van der Waals surface area contributed by atoms with Gasteiger partial charge in [0.25, 0.3) is 5.91 Å². The van der Waals surface area contributed by atoms with Crippen LogP contribution in [0.1, 0.15) is 59.8 Å². The molecule has 0 aliphatic heterocycles. The molecule has 0 fully saturated rings. The van der Waals surface area contributed by atoms with Crippen molar-refractivity contribution in [2.24, 2.45) is 0 Å². The van der Waals surface area contributed by atoms with Crippen molar-refractivity contribution >= 4 is 17.7 Å². The predicted molar refractivity (Wildman–Crippen MR) is 137 cm³/mol. The van der Waals surface area contributed by atoms with Gasteiger partial charge in [-0.25, -0.2) is 0 Å². The van der Waals surface area contributed by atoms with E-state index < -0.39 is 0 Å². The van der Waals surface area contributed by atoms with Gasteiger partial charge in [0.15, 0.2) is 0 Å². The summed E-state index contributed by atoms with van der Waals surface area (Å²) < 4.78 is 11.4. The molecular weight excluding hydrogens is 430 g/mol. The van der Waals surface area contributed by atoms with E-state index in [0.717, 1.165) is 33.9 Å². The molecule has 3 aromatic rings. The molecule has 0 spiro atoms. The molecular formula is C28H33NO3S. The Morgan fingerprint density at radius 1 is 0.970 bits per heavy atom. The van der Waals surface area contributed by atoms with Gasteiger partial charge in [-0.2, -0.15) is 0 Å². The molecule has 33 heavy (non-hydrogen) atoms. The maximum atomic E-state index is 12.8. The second kappa shape index (κ2) is 11.8. The van der Waals surface area contributed by atoms with Crippen molar-refractivity contribution in [3.8, 4) is 11.5 Å². The number of hydrogen-bond donors (Lipinski definition) is 1. The third-order valence-corrected chi connectivity index (χ3v) is 6.51. The Kier molecular flexibility index (Phi) is 8.84. The number of aryl methyl sites for hydroxylation is 1. The van der Waals surface area contributed by atoms with Gasteiger partial charge >= 0.3 is 0 Å². The van der Waals surface area contributed by atoms with Crippen LogP contribution < -0.4 is 14.8 Å². The Morgan fingerprint density at radius 3 is 2.30 bits per heavy atom. The van der Waals surface area contributed by atoms with Crippen LogP contribution in [0, 0.1) is 6.92 Å². The van der Waals surface area contributed by atoms with Crippen LogP contribution in [0.4, 0.5) is 0 Å². The highest BCUT2D eigenvalue weighted by Crippen LogP contribution is 2.32. The van der Waals surface area contributed by atoms with Gasteiger partial charge < -0.3 is 14.8 Å². The number of carbonyl (C=O) groups is 1. The lowest BCUT2D eigenvalue weighted by molar-refractivity contribution is 0.0940. The second-order valence-electron chi connectivity index (χ2n) is 8.33. The molecule has 5 heteroatoms. The number of thioether (sulfide) groups is 1. The van der Waals surface area contributed by atoms with Gasteiger partial charge in [0.2, 0.25) is 0 Å². The summed E-state index contributed by atoms with van der Waals surface area (Å²) in [5, 5.41) is 3.12. The molecule has 4 nitrogen and oxygen atoms in total. The van der Waals surface area contributed by atoms with E-state index in [1.807, 2.05) is 56.3 Å². The van der Waals surface area contributed by atoms with Gasteiger partial charge in [0, 0.05) is 16.2 Å². The lowest BCUT2D eigenvalue weighted by Crippen LogP contribution is -2.27. The summed E-state index contributed by atoms with van der Waals surface area (Å²) in [5.74, 6) is 2.75. The average molecular weight is 464 g/mol. The molecule has 0 aliphatic rings. The summed E-state index contributed by atoms with van der Waals surface area (Å²) >= 11 is 1.76. The maximum Gasteiger partial charge on any atom is 0.251 e. The second-order valence-corrected chi connectivity index (χ2v) is 9.50. The first-order valence-electron chi connectivity index (χ1n) is 11.3. The first-order chi connectivity index (χ1) is 15.9. The molecule has 1 atom stereocenters. The Morgan fingerprint density at radius 2 is 1.67 bits per heavy atom. The number of amides is 1. The summed E-state index contributed by atoms with van der Waals surface area (Å²) in [4.78, 5) is 14.1. The molecule has 0 unspecified atom stereocenters. The average Bonchev–Trinajstić information content (AvgIpc) is 2.82. The monoisotopic (exact) mass is 463 g/mol. The number of benzene rings is 3. The molecule has 0 radical (unpaired) electrons. The van der Waals surface area contributed by atoms with Gasteiger partial charge in [-0.15, -0.1) is 11.8 Å². The third-order valence-electron chi connectivity index (χ3n) is 5.53. The van der Waals surface area contributed by atoms with Crippen LogP contribution in [-0.4, -0.2) is 25.4 Å². The van der Waals surface area contributed by atoms with Crippen molar-refractivity contribution in [2.75, 3.05) is 19.5 Å². The summed E-state index contributed by atoms with van der Waals surface area (Å²) in [6.07, 6.45) is 0. The van der Waals surface area contributed by atoms with Gasteiger partial charge in [0.1, 0.15) is 11.5 Å². The van der Waals surface area contributed by atoms with E-state index in [4.69, 9.17) is 9.47 Å². The number of rotatable bonds is 10. The summed E-state index contributed by atoms with van der Waals surface area (Å²) in [6.45, 7) is 8.96. The minimum absolute atomic E-state index is 0.102. The van der Waals surface area contributed by atoms with Crippen molar-refractivity contribution < 1.29 is 14.3 Å². The Bertz CT molecular complexity index is 1050. The van der Waals surface area contributed by atoms with E-state index in [2.05, 4.69) is 43.4 Å². The van der Waals surface area contributed by atoms with Gasteiger partial charge in [-0.05, 0) is 85.0 Å². The van der Waals surface area contributed by atoms with Crippen molar-refractivity contribution in [1.82, 2.24) is 5.32 Å². The van der Waals surface area contributed by atoms with E-state index in [1.54, 1.807) is 18.9 Å². The van der Waals surface area contributed by atoms with E-state index >= 15 is 0 Å². The fraction of sp³-hybridized carbons (Fsp3) is 0.321. The van der Waals surface area contributed by atoms with Crippen LogP contribution >= 0.6 is 11.8 Å². The summed E-state index contributed by atoms with van der Waals surface area (Å²) in [7, 11) is 1.70. The molecule has 0 bridgehead atoms. The molecule has 0 saturated heterocycles. The standard InChI is InChI=1S/C28H33NO3S/c1-19(2)25-18-26(20(3)17-27(25)31-5)21(4)29-28(30)22-11-13-23(14-12-22)32-15-16-33-24-9-7-6-8-10-24/h6-14,17-19,21H,15-16H2,1-5H3,(H,29,30)/t21-/m0/s1. The molecule has 0 aromatic heterocycles. The molecule has 174 valence electrons. The zero-order valence-corrected chi connectivity index (χ0v) is 20.9. The van der Waals surface area contributed by atoms with Crippen molar-refractivity contribution in [2.45, 2.75) is 44.6 Å². The van der Waals surface area contributed by atoms with Gasteiger partial charge in [0.05, 0.1) is 19.8 Å². The predicted octanol–water partition coefficient (Wildman–Crippen LogP) is 6.79. The van der Waals surface area contributed by atoms with E-state index in [1.165, 1.54) is 4.90 Å². The van der Waals surface area contributed by atoms with Crippen LogP contribution in [-0.2, 0) is 0 Å². The van der Waals surface area contributed by atoms with Crippen molar-refractivity contribution in [3.05, 3.63) is 89.0 Å². The van der Waals surface area contributed by atoms with E-state index in [9.17, 15) is 4.79 Å². The molecule has 0 saturated carbocycles. The van der Waals surface area contributed by atoms with Crippen LogP contribution in [0.2, 0.25) is 0 Å². The molecule has 1 N–H and O–H groups in total. The lowest BCUT2D eigenvalue weighted by Gasteiger charge is -2.21. The highest BCUT2D eigenvalue weighted by molar-refractivity contribution is 7.99. The van der Waals surface area contributed by atoms with Crippen molar-refractivity contribution in [1.29, 1.82) is 0 Å². The topological polar surface area (TPSA) is 47.6 Å². The first-order valence-corrected chi connectivity index (χ1v) is 12.3. The highest BCUT2D eigenvalue weighted by Gasteiger charge is 2.17. The maximum absolute atomic E-state index is 12.8. The van der Waals surface area contributed by atoms with Crippen LogP contribution in [0.5, 0.6) is 11.5 Å². The number of ether oxygens (including phenoxy) is 2. The number of methoxy groups -OCH3 is 1. The molecule has 0 aliphatic carbocycles. The Labute approximate surface area is 201 Å². The zero-order valence-electron chi connectivity index (χ0n) is 20.1. The third kappa shape index (κ3) is 6.78. The number of carbonyl (C=O) groups excluding carboxylic acids is 1. The SMILES string of the molecule is COc1cc(C)c([C@H](C)NC(=O)c2ccc(OCCSc3ccccc3)cc2)cc1C(C)C. The summed E-state index contributed by atoms with van der Waals surface area (Å²) in [6, 6.07) is 21.7. The van der Waals surface area contributed by atoms with Gasteiger partial charge in [-0.3, -0.25) is 4.79 Å². The van der Waals surface area contributed by atoms with Crippen molar-refractivity contribution in [3.63, 3.8) is 0 Å². The smallest absolute Gasteiger partial charge is 0.251 e. The van der Waals surface area contributed by atoms with Crippen LogP contribution in [0.25, 0.3) is 0 Å². The van der Waals surface area contributed by atoms with E-state index in [0.29, 0.717) is 18.1 Å². The number of hydrogen-bond acceptors (Lipinski definition) is 4.